The fraction of sp³-hybridized carbons (Fsp3) is 0.500. The molecule has 2 rings (SSSR count). The van der Waals surface area contributed by atoms with Crippen LogP contribution in [0.15, 0.2) is 24.3 Å². The van der Waals surface area contributed by atoms with Crippen LogP contribution in [0.3, 0.4) is 0 Å². The van der Waals surface area contributed by atoms with Crippen LogP contribution >= 0.6 is 0 Å². The van der Waals surface area contributed by atoms with Crippen molar-refractivity contribution in [2.24, 2.45) is 11.8 Å². The molecule has 1 heteroatoms. The van der Waals surface area contributed by atoms with Gasteiger partial charge in [-0.2, -0.15) is 0 Å². The standard InChI is InChI=1S/C10H12O/c11-10-7-3-6-9(10)8-4-1-2-5-8/h1-3,7-9H,4-6H2. The van der Waals surface area contributed by atoms with Gasteiger partial charge >= 0.3 is 0 Å². The van der Waals surface area contributed by atoms with E-state index in [4.69, 9.17) is 0 Å². The molecule has 0 radical (unpaired) electrons. The predicted octanol–water partition coefficient (Wildman–Crippen LogP) is 2.10. The van der Waals surface area contributed by atoms with Crippen molar-refractivity contribution >= 4 is 5.78 Å². The van der Waals surface area contributed by atoms with Gasteiger partial charge in [-0.25, -0.2) is 0 Å². The number of carbonyl (C=O) groups excluding carboxylic acids is 1. The molecule has 0 saturated carbocycles. The zero-order valence-corrected chi connectivity index (χ0v) is 6.49. The number of rotatable bonds is 1. The largest absolute Gasteiger partial charge is 0.295 e. The molecule has 0 aliphatic heterocycles. The monoisotopic (exact) mass is 148 g/mol. The van der Waals surface area contributed by atoms with Gasteiger partial charge in [0.15, 0.2) is 5.78 Å². The molecule has 58 valence electrons. The number of hydrogen-bond acceptors (Lipinski definition) is 1. The summed E-state index contributed by atoms with van der Waals surface area (Å²) in [5.41, 5.74) is 0. The first-order chi connectivity index (χ1) is 5.38. The van der Waals surface area contributed by atoms with Crippen LogP contribution in [-0.2, 0) is 4.79 Å². The minimum absolute atomic E-state index is 0.310. The Morgan fingerprint density at radius 3 is 2.36 bits per heavy atom. The van der Waals surface area contributed by atoms with Crippen LogP contribution in [0.1, 0.15) is 19.3 Å². The first-order valence-electron chi connectivity index (χ1n) is 4.23. The number of ketones is 1. The number of allylic oxidation sites excluding steroid dienone is 4. The molecule has 1 unspecified atom stereocenters. The molecule has 0 heterocycles. The molecule has 0 bridgehead atoms. The van der Waals surface area contributed by atoms with Crippen molar-refractivity contribution in [1.29, 1.82) is 0 Å². The first-order valence-corrected chi connectivity index (χ1v) is 4.23. The lowest BCUT2D eigenvalue weighted by molar-refractivity contribution is -0.118. The Balaban J connectivity index is 2.01. The van der Waals surface area contributed by atoms with Crippen LogP contribution in [-0.4, -0.2) is 5.78 Å². The SMILES string of the molecule is O=C1C=CCC1C1CC=CC1. The molecule has 2 aliphatic rings. The van der Waals surface area contributed by atoms with E-state index in [2.05, 4.69) is 12.2 Å². The van der Waals surface area contributed by atoms with Gasteiger partial charge in [0.25, 0.3) is 0 Å². The van der Waals surface area contributed by atoms with E-state index in [1.54, 1.807) is 6.08 Å². The van der Waals surface area contributed by atoms with E-state index in [0.717, 1.165) is 19.3 Å². The van der Waals surface area contributed by atoms with Gasteiger partial charge in [-0.1, -0.05) is 18.2 Å². The molecule has 0 aromatic heterocycles. The van der Waals surface area contributed by atoms with Crippen LogP contribution in [0.4, 0.5) is 0 Å². The Morgan fingerprint density at radius 1 is 1.09 bits per heavy atom. The third-order valence-corrected chi connectivity index (χ3v) is 2.65. The Hall–Kier alpha value is -0.850. The van der Waals surface area contributed by atoms with Crippen molar-refractivity contribution in [2.45, 2.75) is 19.3 Å². The predicted molar refractivity (Wildman–Crippen MR) is 44.1 cm³/mol. The molecule has 0 amide bonds. The Morgan fingerprint density at radius 2 is 1.82 bits per heavy atom. The van der Waals surface area contributed by atoms with Crippen molar-refractivity contribution < 1.29 is 4.79 Å². The van der Waals surface area contributed by atoms with Gasteiger partial charge in [-0.05, 0) is 31.3 Å². The van der Waals surface area contributed by atoms with Crippen LogP contribution in [0.2, 0.25) is 0 Å². The highest BCUT2D eigenvalue weighted by Gasteiger charge is 2.28. The van der Waals surface area contributed by atoms with Crippen molar-refractivity contribution in [3.63, 3.8) is 0 Å². The van der Waals surface area contributed by atoms with E-state index in [1.807, 2.05) is 6.08 Å². The Labute approximate surface area is 66.8 Å². The average Bonchev–Trinajstić information content (AvgIpc) is 2.55. The quantitative estimate of drug-likeness (QED) is 0.520. The van der Waals surface area contributed by atoms with E-state index in [-0.39, 0.29) is 0 Å². The molecular weight excluding hydrogens is 136 g/mol. The van der Waals surface area contributed by atoms with Crippen molar-refractivity contribution in [3.05, 3.63) is 24.3 Å². The lowest BCUT2D eigenvalue weighted by atomic mass is 9.88. The zero-order valence-electron chi connectivity index (χ0n) is 6.49. The fourth-order valence-electron chi connectivity index (χ4n) is 1.96. The van der Waals surface area contributed by atoms with E-state index in [0.29, 0.717) is 17.6 Å². The fourth-order valence-corrected chi connectivity index (χ4v) is 1.96. The minimum Gasteiger partial charge on any atom is -0.295 e. The molecule has 0 aromatic carbocycles. The summed E-state index contributed by atoms with van der Waals surface area (Å²) in [5, 5.41) is 0. The number of carbonyl (C=O) groups is 1. The van der Waals surface area contributed by atoms with Crippen molar-refractivity contribution in [1.82, 2.24) is 0 Å². The summed E-state index contributed by atoms with van der Waals surface area (Å²) >= 11 is 0. The van der Waals surface area contributed by atoms with Gasteiger partial charge in [0.05, 0.1) is 0 Å². The summed E-state index contributed by atoms with van der Waals surface area (Å²) in [5.74, 6) is 1.26. The van der Waals surface area contributed by atoms with Gasteiger partial charge in [0, 0.05) is 5.92 Å². The van der Waals surface area contributed by atoms with Crippen LogP contribution in [0.25, 0.3) is 0 Å². The van der Waals surface area contributed by atoms with Crippen molar-refractivity contribution in [3.8, 4) is 0 Å². The topological polar surface area (TPSA) is 17.1 Å². The third kappa shape index (κ3) is 1.15. The summed E-state index contributed by atoms with van der Waals surface area (Å²) < 4.78 is 0. The second kappa shape index (κ2) is 2.65. The third-order valence-electron chi connectivity index (χ3n) is 2.65. The smallest absolute Gasteiger partial charge is 0.159 e. The molecular formula is C10H12O. The summed E-state index contributed by atoms with van der Waals surface area (Å²) in [6.07, 6.45) is 11.3. The van der Waals surface area contributed by atoms with Gasteiger partial charge in [-0.15, -0.1) is 0 Å². The maximum absolute atomic E-state index is 11.2. The Bertz CT molecular complexity index is 217. The Kier molecular flexibility index (Phi) is 1.65. The summed E-state index contributed by atoms with van der Waals surface area (Å²) in [7, 11) is 0. The number of hydrogen-bond donors (Lipinski definition) is 0. The van der Waals surface area contributed by atoms with Crippen LogP contribution < -0.4 is 0 Å². The summed E-state index contributed by atoms with van der Waals surface area (Å²) in [4.78, 5) is 11.2. The molecule has 0 saturated heterocycles. The van der Waals surface area contributed by atoms with Gasteiger partial charge in [-0.3, -0.25) is 4.79 Å². The minimum atomic E-state index is 0.310. The normalized spacial score (nSPS) is 30.5. The average molecular weight is 148 g/mol. The molecule has 11 heavy (non-hydrogen) atoms. The van der Waals surface area contributed by atoms with Gasteiger partial charge in [0.1, 0.15) is 0 Å². The zero-order chi connectivity index (χ0) is 7.68. The highest BCUT2D eigenvalue weighted by Crippen LogP contribution is 2.32. The molecule has 0 spiro atoms. The van der Waals surface area contributed by atoms with Gasteiger partial charge < -0.3 is 0 Å². The van der Waals surface area contributed by atoms with Crippen LogP contribution in [0.5, 0.6) is 0 Å². The van der Waals surface area contributed by atoms with Crippen LogP contribution in [0, 0.1) is 11.8 Å². The highest BCUT2D eigenvalue weighted by molar-refractivity contribution is 5.94. The summed E-state index contributed by atoms with van der Waals surface area (Å²) in [6, 6.07) is 0. The van der Waals surface area contributed by atoms with Gasteiger partial charge in [0.2, 0.25) is 0 Å². The highest BCUT2D eigenvalue weighted by atomic mass is 16.1. The first kappa shape index (κ1) is 6.84. The lowest BCUT2D eigenvalue weighted by Gasteiger charge is -2.15. The molecule has 0 fully saturated rings. The second-order valence-corrected chi connectivity index (χ2v) is 3.35. The molecule has 2 aliphatic carbocycles. The molecule has 0 N–H and O–H groups in total. The molecule has 1 nitrogen and oxygen atoms in total. The maximum atomic E-state index is 11.2. The van der Waals surface area contributed by atoms with E-state index in [1.165, 1.54) is 0 Å². The molecule has 0 aromatic rings. The van der Waals surface area contributed by atoms with E-state index < -0.39 is 0 Å². The van der Waals surface area contributed by atoms with Crippen molar-refractivity contribution in [2.75, 3.05) is 0 Å². The summed E-state index contributed by atoms with van der Waals surface area (Å²) in [6.45, 7) is 0. The van der Waals surface area contributed by atoms with E-state index in [9.17, 15) is 4.79 Å². The second-order valence-electron chi connectivity index (χ2n) is 3.35. The maximum Gasteiger partial charge on any atom is 0.159 e. The molecule has 1 atom stereocenters. The van der Waals surface area contributed by atoms with E-state index >= 15 is 0 Å². The lowest BCUT2D eigenvalue weighted by Crippen LogP contribution is -2.16.